The summed E-state index contributed by atoms with van der Waals surface area (Å²) in [4.78, 5) is 12.8. The van der Waals surface area contributed by atoms with Crippen molar-refractivity contribution in [2.45, 2.75) is 64.3 Å². The number of benzene rings is 1. The Kier molecular flexibility index (Phi) is 5.66. The average molecular weight is 377 g/mol. The van der Waals surface area contributed by atoms with Crippen LogP contribution in [0, 0.1) is 26.7 Å². The molecule has 0 spiro atoms. The Morgan fingerprint density at radius 3 is 2.00 bits per heavy atom. The standard InChI is InChI=1S/C20H28N2O3S/c1-12(2)20(23)21-19-18(15(6)16(7)22(19)13(3)4)26(24,25)17-10-8-14(5)9-11-17/h8-13H,1-7H3,(H,21,23). The minimum atomic E-state index is -3.76. The third-order valence-electron chi connectivity index (χ3n) is 4.58. The normalized spacial score (nSPS) is 12.0. The van der Waals surface area contributed by atoms with Gasteiger partial charge in [0, 0.05) is 17.7 Å². The molecule has 0 saturated heterocycles. The Morgan fingerprint density at radius 2 is 1.54 bits per heavy atom. The number of aromatic nitrogens is 1. The van der Waals surface area contributed by atoms with E-state index < -0.39 is 9.84 Å². The van der Waals surface area contributed by atoms with E-state index in [2.05, 4.69) is 5.32 Å². The largest absolute Gasteiger partial charge is 0.328 e. The maximum absolute atomic E-state index is 13.4. The van der Waals surface area contributed by atoms with E-state index >= 15 is 0 Å². The number of hydrogen-bond acceptors (Lipinski definition) is 3. The van der Waals surface area contributed by atoms with Crippen LogP contribution >= 0.6 is 0 Å². The summed E-state index contributed by atoms with van der Waals surface area (Å²) >= 11 is 0. The van der Waals surface area contributed by atoms with Gasteiger partial charge in [-0.3, -0.25) is 4.79 Å². The Labute approximate surface area is 156 Å². The van der Waals surface area contributed by atoms with Gasteiger partial charge in [-0.2, -0.15) is 0 Å². The molecule has 1 heterocycles. The van der Waals surface area contributed by atoms with Crippen LogP contribution in [-0.4, -0.2) is 18.9 Å². The molecule has 5 nitrogen and oxygen atoms in total. The molecule has 0 bridgehead atoms. The molecule has 2 rings (SSSR count). The highest BCUT2D eigenvalue weighted by Crippen LogP contribution is 2.37. The van der Waals surface area contributed by atoms with Crippen LogP contribution in [0.1, 0.15) is 50.6 Å². The van der Waals surface area contributed by atoms with Crippen LogP contribution in [0.4, 0.5) is 5.82 Å². The van der Waals surface area contributed by atoms with Gasteiger partial charge in [-0.05, 0) is 52.3 Å². The predicted octanol–water partition coefficient (Wildman–Crippen LogP) is 4.42. The Bertz CT molecular complexity index is 921. The summed E-state index contributed by atoms with van der Waals surface area (Å²) in [5, 5.41) is 2.85. The lowest BCUT2D eigenvalue weighted by Gasteiger charge is -2.18. The van der Waals surface area contributed by atoms with Gasteiger partial charge in [0.2, 0.25) is 15.7 Å². The zero-order chi connectivity index (χ0) is 19.8. The van der Waals surface area contributed by atoms with E-state index in [1.54, 1.807) is 45.0 Å². The van der Waals surface area contributed by atoms with Crippen LogP contribution in [0.25, 0.3) is 0 Å². The van der Waals surface area contributed by atoms with Crippen LogP contribution in [0.2, 0.25) is 0 Å². The number of anilines is 1. The summed E-state index contributed by atoms with van der Waals surface area (Å²) in [6.07, 6.45) is 0. The molecule has 2 aromatic rings. The summed E-state index contributed by atoms with van der Waals surface area (Å²) < 4.78 is 28.6. The van der Waals surface area contributed by atoms with Gasteiger partial charge in [0.15, 0.2) is 0 Å². The fraction of sp³-hybridized carbons (Fsp3) is 0.450. The average Bonchev–Trinajstić information content (AvgIpc) is 2.79. The van der Waals surface area contributed by atoms with Crippen molar-refractivity contribution in [3.8, 4) is 0 Å². The Balaban J connectivity index is 2.76. The third-order valence-corrected chi connectivity index (χ3v) is 6.51. The van der Waals surface area contributed by atoms with E-state index in [9.17, 15) is 13.2 Å². The van der Waals surface area contributed by atoms with Crippen molar-refractivity contribution in [1.82, 2.24) is 4.57 Å². The first-order chi connectivity index (χ1) is 12.0. The first-order valence-corrected chi connectivity index (χ1v) is 10.3. The van der Waals surface area contributed by atoms with Gasteiger partial charge in [0.05, 0.1) is 4.90 Å². The summed E-state index contributed by atoms with van der Waals surface area (Å²) in [7, 11) is -3.76. The number of nitrogens with zero attached hydrogens (tertiary/aromatic N) is 1. The second-order valence-corrected chi connectivity index (χ2v) is 9.20. The highest BCUT2D eigenvalue weighted by Gasteiger charge is 2.31. The lowest BCUT2D eigenvalue weighted by molar-refractivity contribution is -0.118. The van der Waals surface area contributed by atoms with Gasteiger partial charge in [-0.15, -0.1) is 0 Å². The highest BCUT2D eigenvalue weighted by molar-refractivity contribution is 7.91. The van der Waals surface area contributed by atoms with Crippen LogP contribution in [-0.2, 0) is 14.6 Å². The number of sulfone groups is 1. The number of carbonyl (C=O) groups excluding carboxylic acids is 1. The molecule has 6 heteroatoms. The fourth-order valence-corrected chi connectivity index (χ4v) is 4.67. The molecule has 0 aliphatic carbocycles. The molecule has 0 aliphatic rings. The van der Waals surface area contributed by atoms with Crippen molar-refractivity contribution in [2.75, 3.05) is 5.32 Å². The number of hydrogen-bond donors (Lipinski definition) is 1. The maximum atomic E-state index is 13.4. The fourth-order valence-electron chi connectivity index (χ4n) is 2.99. The Morgan fingerprint density at radius 1 is 1.00 bits per heavy atom. The first-order valence-electron chi connectivity index (χ1n) is 8.82. The van der Waals surface area contributed by atoms with Crippen LogP contribution in [0.5, 0.6) is 0 Å². The molecule has 0 fully saturated rings. The summed E-state index contributed by atoms with van der Waals surface area (Å²) in [5.74, 6) is -0.0971. The number of nitrogens with one attached hydrogen (secondary N) is 1. The molecule has 26 heavy (non-hydrogen) atoms. The quantitative estimate of drug-likeness (QED) is 0.840. The molecule has 0 saturated carbocycles. The molecule has 1 aromatic carbocycles. The van der Waals surface area contributed by atoms with Gasteiger partial charge in [-0.1, -0.05) is 31.5 Å². The highest BCUT2D eigenvalue weighted by atomic mass is 32.2. The molecule has 0 radical (unpaired) electrons. The SMILES string of the molecule is Cc1ccc(S(=O)(=O)c2c(C)c(C)n(C(C)C)c2NC(=O)C(C)C)cc1. The summed E-state index contributed by atoms with van der Waals surface area (Å²) in [6, 6.07) is 6.79. The Hall–Kier alpha value is -2.08. The van der Waals surface area contributed by atoms with Gasteiger partial charge in [0.25, 0.3) is 0 Å². The van der Waals surface area contributed by atoms with Crippen LogP contribution < -0.4 is 5.32 Å². The zero-order valence-corrected chi connectivity index (χ0v) is 17.4. The zero-order valence-electron chi connectivity index (χ0n) is 16.5. The number of aryl methyl sites for hydroxylation is 1. The van der Waals surface area contributed by atoms with Gasteiger partial charge in [0.1, 0.15) is 10.7 Å². The maximum Gasteiger partial charge on any atom is 0.228 e. The van der Waals surface area contributed by atoms with Gasteiger partial charge in [-0.25, -0.2) is 8.42 Å². The van der Waals surface area contributed by atoms with Crippen molar-refractivity contribution < 1.29 is 13.2 Å². The van der Waals surface area contributed by atoms with E-state index in [1.165, 1.54) is 0 Å². The van der Waals surface area contributed by atoms with Crippen LogP contribution in [0.3, 0.4) is 0 Å². The van der Waals surface area contributed by atoms with E-state index in [0.29, 0.717) is 11.4 Å². The molecule has 1 amide bonds. The van der Waals surface area contributed by atoms with Gasteiger partial charge < -0.3 is 9.88 Å². The number of amides is 1. The number of rotatable bonds is 5. The van der Waals surface area contributed by atoms with E-state index in [1.807, 2.05) is 32.3 Å². The minimum absolute atomic E-state index is 0.0122. The van der Waals surface area contributed by atoms with Gasteiger partial charge >= 0.3 is 0 Å². The first kappa shape index (κ1) is 20.2. The molecule has 0 unspecified atom stereocenters. The second kappa shape index (κ2) is 7.27. The lowest BCUT2D eigenvalue weighted by Crippen LogP contribution is -2.22. The predicted molar refractivity (Wildman–Crippen MR) is 104 cm³/mol. The lowest BCUT2D eigenvalue weighted by atomic mass is 10.2. The molecular formula is C20H28N2O3S. The molecule has 0 atom stereocenters. The minimum Gasteiger partial charge on any atom is -0.328 e. The van der Waals surface area contributed by atoms with Crippen molar-refractivity contribution in [3.63, 3.8) is 0 Å². The van der Waals surface area contributed by atoms with Crippen LogP contribution in [0.15, 0.2) is 34.1 Å². The van der Waals surface area contributed by atoms with E-state index in [4.69, 9.17) is 0 Å². The smallest absolute Gasteiger partial charge is 0.228 e. The van der Waals surface area contributed by atoms with Crippen molar-refractivity contribution in [1.29, 1.82) is 0 Å². The topological polar surface area (TPSA) is 68.2 Å². The van der Waals surface area contributed by atoms with E-state index in [-0.39, 0.29) is 27.7 Å². The van der Waals surface area contributed by atoms with Crippen molar-refractivity contribution in [3.05, 3.63) is 41.1 Å². The van der Waals surface area contributed by atoms with Crippen molar-refractivity contribution >= 4 is 21.6 Å². The van der Waals surface area contributed by atoms with E-state index in [0.717, 1.165) is 11.3 Å². The second-order valence-electron chi connectivity index (χ2n) is 7.31. The summed E-state index contributed by atoms with van der Waals surface area (Å²) in [6.45, 7) is 13.1. The molecule has 1 aromatic heterocycles. The molecular weight excluding hydrogens is 348 g/mol. The summed E-state index contributed by atoms with van der Waals surface area (Å²) in [5.41, 5.74) is 2.49. The molecule has 142 valence electrons. The number of carbonyl (C=O) groups is 1. The monoisotopic (exact) mass is 376 g/mol. The molecule has 0 aliphatic heterocycles. The molecule has 1 N–H and O–H groups in total. The third kappa shape index (κ3) is 3.56. The van der Waals surface area contributed by atoms with Crippen molar-refractivity contribution in [2.24, 2.45) is 5.92 Å².